The van der Waals surface area contributed by atoms with Gasteiger partial charge in [-0.15, -0.1) is 0 Å². The van der Waals surface area contributed by atoms with Crippen LogP contribution in [-0.4, -0.2) is 38.0 Å². The van der Waals surface area contributed by atoms with Crippen molar-refractivity contribution in [3.63, 3.8) is 0 Å². The first-order chi connectivity index (χ1) is 7.33. The highest BCUT2D eigenvalue weighted by Crippen LogP contribution is 2.05. The Balaban J connectivity index is 3.29. The maximum atomic E-state index is 11.0. The first kappa shape index (κ1) is 15.1. The number of rotatable bonds is 7. The molecule has 0 radical (unpaired) electrons. The minimum Gasteiger partial charge on any atom is -0.460 e. The molecule has 0 amide bonds. The lowest BCUT2D eigenvalue weighted by molar-refractivity contribution is -0.140. The third-order valence-corrected chi connectivity index (χ3v) is 1.57. The van der Waals surface area contributed by atoms with Gasteiger partial charge in [-0.3, -0.25) is 0 Å². The maximum absolute atomic E-state index is 11.0. The topological polar surface area (TPSA) is 44.8 Å². The molecule has 0 heterocycles. The van der Waals surface area contributed by atoms with Gasteiger partial charge in [-0.05, 0) is 27.7 Å². The van der Waals surface area contributed by atoms with Gasteiger partial charge < -0.3 is 14.2 Å². The van der Waals surface area contributed by atoms with Gasteiger partial charge in [0.15, 0.2) is 0 Å². The quantitative estimate of drug-likeness (QED) is 0.381. The van der Waals surface area contributed by atoms with Gasteiger partial charge in [0.25, 0.3) is 0 Å². The lowest BCUT2D eigenvalue weighted by atomic mass is 10.2. The van der Waals surface area contributed by atoms with Crippen LogP contribution in [0.4, 0.5) is 0 Å². The molecule has 0 spiro atoms. The van der Waals surface area contributed by atoms with Crippen molar-refractivity contribution in [3.8, 4) is 0 Å². The van der Waals surface area contributed by atoms with Crippen molar-refractivity contribution in [3.05, 3.63) is 12.2 Å². The van der Waals surface area contributed by atoms with Gasteiger partial charge >= 0.3 is 5.97 Å². The van der Waals surface area contributed by atoms with Crippen LogP contribution in [0, 0.1) is 0 Å². The molecule has 94 valence electrons. The molecule has 0 aliphatic carbocycles. The molecule has 4 heteroatoms. The van der Waals surface area contributed by atoms with E-state index in [1.165, 1.54) is 0 Å². The van der Waals surface area contributed by atoms with E-state index in [9.17, 15) is 4.79 Å². The molecular formula is C12H22O4. The summed E-state index contributed by atoms with van der Waals surface area (Å²) in [5.74, 6) is -0.380. The molecule has 0 fully saturated rings. The number of hydrogen-bond acceptors (Lipinski definition) is 4. The van der Waals surface area contributed by atoms with E-state index in [2.05, 4.69) is 6.58 Å². The second kappa shape index (κ2) is 7.41. The molecule has 0 aromatic rings. The first-order valence-electron chi connectivity index (χ1n) is 5.37. The Morgan fingerprint density at radius 3 is 2.19 bits per heavy atom. The van der Waals surface area contributed by atoms with Crippen molar-refractivity contribution in [1.29, 1.82) is 0 Å². The Kier molecular flexibility index (Phi) is 7.01. The van der Waals surface area contributed by atoms with Crippen LogP contribution in [0.2, 0.25) is 0 Å². The van der Waals surface area contributed by atoms with E-state index in [-0.39, 0.29) is 18.2 Å². The summed E-state index contributed by atoms with van der Waals surface area (Å²) in [4.78, 5) is 11.0. The molecule has 0 saturated heterocycles. The van der Waals surface area contributed by atoms with Gasteiger partial charge in [-0.1, -0.05) is 6.58 Å². The standard InChI is InChI=1S/C12H22O4/c1-10(2)11(13)15-8-6-14-7-9-16-12(3,4)5/h1,6-9H2,2-5H3. The highest BCUT2D eigenvalue weighted by molar-refractivity contribution is 5.86. The monoisotopic (exact) mass is 230 g/mol. The molecule has 0 aromatic heterocycles. The van der Waals surface area contributed by atoms with E-state index in [0.717, 1.165) is 0 Å². The Labute approximate surface area is 97.6 Å². The van der Waals surface area contributed by atoms with Crippen molar-refractivity contribution < 1.29 is 19.0 Å². The summed E-state index contributed by atoms with van der Waals surface area (Å²) in [7, 11) is 0. The van der Waals surface area contributed by atoms with Crippen molar-refractivity contribution in [2.24, 2.45) is 0 Å². The molecule has 0 rings (SSSR count). The number of carbonyl (C=O) groups is 1. The van der Waals surface area contributed by atoms with E-state index < -0.39 is 0 Å². The number of ether oxygens (including phenoxy) is 3. The van der Waals surface area contributed by atoms with Crippen molar-refractivity contribution in [1.82, 2.24) is 0 Å². The molecule has 4 nitrogen and oxygen atoms in total. The molecule has 0 aromatic carbocycles. The molecule has 0 saturated carbocycles. The van der Waals surface area contributed by atoms with Crippen molar-refractivity contribution >= 4 is 5.97 Å². The van der Waals surface area contributed by atoms with E-state index in [4.69, 9.17) is 14.2 Å². The van der Waals surface area contributed by atoms with Crippen LogP contribution >= 0.6 is 0 Å². The van der Waals surface area contributed by atoms with Crippen LogP contribution in [-0.2, 0) is 19.0 Å². The van der Waals surface area contributed by atoms with E-state index in [0.29, 0.717) is 25.4 Å². The van der Waals surface area contributed by atoms with Gasteiger partial charge in [0.05, 0.1) is 25.4 Å². The van der Waals surface area contributed by atoms with Crippen molar-refractivity contribution in [2.45, 2.75) is 33.3 Å². The minimum atomic E-state index is -0.380. The number of carbonyl (C=O) groups excluding carboxylic acids is 1. The van der Waals surface area contributed by atoms with Crippen molar-refractivity contribution in [2.75, 3.05) is 26.4 Å². The lowest BCUT2D eigenvalue weighted by Crippen LogP contribution is -2.22. The lowest BCUT2D eigenvalue weighted by Gasteiger charge is -2.19. The van der Waals surface area contributed by atoms with Crippen LogP contribution in [0.3, 0.4) is 0 Å². The van der Waals surface area contributed by atoms with Crippen LogP contribution in [0.25, 0.3) is 0 Å². The van der Waals surface area contributed by atoms with Gasteiger partial charge in [0.2, 0.25) is 0 Å². The molecule has 0 unspecified atom stereocenters. The molecule has 16 heavy (non-hydrogen) atoms. The van der Waals surface area contributed by atoms with Gasteiger partial charge in [0, 0.05) is 5.57 Å². The summed E-state index contributed by atoms with van der Waals surface area (Å²) in [6.45, 7) is 12.7. The summed E-state index contributed by atoms with van der Waals surface area (Å²) in [6, 6.07) is 0. The zero-order chi connectivity index (χ0) is 12.6. The SMILES string of the molecule is C=C(C)C(=O)OCCOCCOC(C)(C)C. The second-order valence-corrected chi connectivity index (χ2v) is 4.49. The average Bonchev–Trinajstić information content (AvgIpc) is 2.14. The molecule has 0 aliphatic heterocycles. The largest absolute Gasteiger partial charge is 0.460 e. The Morgan fingerprint density at radius 1 is 1.12 bits per heavy atom. The zero-order valence-corrected chi connectivity index (χ0v) is 10.7. The third kappa shape index (κ3) is 9.68. The fourth-order valence-corrected chi connectivity index (χ4v) is 0.825. The number of esters is 1. The predicted molar refractivity (Wildman–Crippen MR) is 62.3 cm³/mol. The fourth-order valence-electron chi connectivity index (χ4n) is 0.825. The Morgan fingerprint density at radius 2 is 1.69 bits per heavy atom. The summed E-state index contributed by atoms with van der Waals surface area (Å²) >= 11 is 0. The first-order valence-corrected chi connectivity index (χ1v) is 5.37. The minimum absolute atomic E-state index is 0.143. The average molecular weight is 230 g/mol. The molecule has 0 aliphatic rings. The fraction of sp³-hybridized carbons (Fsp3) is 0.750. The summed E-state index contributed by atoms with van der Waals surface area (Å²) < 4.78 is 15.5. The van der Waals surface area contributed by atoms with E-state index in [1.807, 2.05) is 20.8 Å². The van der Waals surface area contributed by atoms with Crippen LogP contribution < -0.4 is 0 Å². The zero-order valence-electron chi connectivity index (χ0n) is 10.7. The molecule has 0 atom stereocenters. The molecule has 0 N–H and O–H groups in total. The molecule has 0 bridgehead atoms. The van der Waals surface area contributed by atoms with Crippen LogP contribution in [0.5, 0.6) is 0 Å². The second-order valence-electron chi connectivity index (χ2n) is 4.49. The summed E-state index contributed by atoms with van der Waals surface area (Å²) in [6.07, 6.45) is 0. The molecular weight excluding hydrogens is 208 g/mol. The predicted octanol–water partition coefficient (Wildman–Crippen LogP) is 1.94. The third-order valence-electron chi connectivity index (χ3n) is 1.57. The normalized spacial score (nSPS) is 11.2. The van der Waals surface area contributed by atoms with Crippen LogP contribution in [0.15, 0.2) is 12.2 Å². The highest BCUT2D eigenvalue weighted by Gasteiger charge is 2.08. The van der Waals surface area contributed by atoms with Gasteiger partial charge in [0.1, 0.15) is 6.61 Å². The van der Waals surface area contributed by atoms with Gasteiger partial charge in [-0.2, -0.15) is 0 Å². The van der Waals surface area contributed by atoms with Crippen LogP contribution in [0.1, 0.15) is 27.7 Å². The smallest absolute Gasteiger partial charge is 0.333 e. The van der Waals surface area contributed by atoms with E-state index in [1.54, 1.807) is 6.92 Å². The Hall–Kier alpha value is -0.870. The Bertz CT molecular complexity index is 228. The van der Waals surface area contributed by atoms with E-state index >= 15 is 0 Å². The number of hydrogen-bond donors (Lipinski definition) is 0. The maximum Gasteiger partial charge on any atom is 0.333 e. The summed E-state index contributed by atoms with van der Waals surface area (Å²) in [5, 5.41) is 0. The van der Waals surface area contributed by atoms with Gasteiger partial charge in [-0.25, -0.2) is 4.79 Å². The summed E-state index contributed by atoms with van der Waals surface area (Å²) in [5.41, 5.74) is 0.256. The highest BCUT2D eigenvalue weighted by atomic mass is 16.6.